The van der Waals surface area contributed by atoms with Crippen LogP contribution in [0.2, 0.25) is 0 Å². The molecule has 0 amide bonds. The molecule has 0 radical (unpaired) electrons. The third kappa shape index (κ3) is 4.15. The molecule has 3 N–H and O–H groups in total. The highest BCUT2D eigenvalue weighted by molar-refractivity contribution is 5.18. The van der Waals surface area contributed by atoms with Crippen LogP contribution in [0.5, 0.6) is 0 Å². The first-order chi connectivity index (χ1) is 9.15. The quantitative estimate of drug-likeness (QED) is 0.748. The summed E-state index contributed by atoms with van der Waals surface area (Å²) in [5.41, 5.74) is 0.730. The van der Waals surface area contributed by atoms with E-state index in [0.717, 1.165) is 11.4 Å². The van der Waals surface area contributed by atoms with E-state index in [1.807, 2.05) is 6.92 Å². The summed E-state index contributed by atoms with van der Waals surface area (Å²) >= 11 is 0. The molecule has 0 saturated heterocycles. The number of nitrogens with one attached hydrogen (secondary N) is 2. The Morgan fingerprint density at radius 1 is 1.37 bits per heavy atom. The third-order valence-electron chi connectivity index (χ3n) is 3.00. The molecule has 2 unspecified atom stereocenters. The highest BCUT2D eigenvalue weighted by Crippen LogP contribution is 2.18. The van der Waals surface area contributed by atoms with E-state index in [9.17, 15) is 9.50 Å². The van der Waals surface area contributed by atoms with Gasteiger partial charge in [-0.3, -0.25) is 0 Å². The molecule has 1 aromatic heterocycles. The second-order valence-electron chi connectivity index (χ2n) is 4.62. The van der Waals surface area contributed by atoms with Gasteiger partial charge < -0.3 is 15.4 Å². The van der Waals surface area contributed by atoms with Crippen molar-refractivity contribution in [1.29, 1.82) is 0 Å². The molecule has 2 aromatic rings. The first-order valence-electron chi connectivity index (χ1n) is 6.30. The van der Waals surface area contributed by atoms with Crippen LogP contribution in [0.15, 0.2) is 36.7 Å². The zero-order chi connectivity index (χ0) is 13.7. The molecule has 0 bridgehead atoms. The maximum absolute atomic E-state index is 12.8. The normalized spacial score (nSPS) is 14.3. The van der Waals surface area contributed by atoms with E-state index in [2.05, 4.69) is 15.3 Å². The van der Waals surface area contributed by atoms with Crippen molar-refractivity contribution in [1.82, 2.24) is 15.3 Å². The number of aromatic nitrogens is 2. The average Bonchev–Trinajstić information content (AvgIpc) is 2.90. The van der Waals surface area contributed by atoms with Crippen molar-refractivity contribution in [3.63, 3.8) is 0 Å². The lowest BCUT2D eigenvalue weighted by molar-refractivity contribution is 0.153. The minimum absolute atomic E-state index is 0.130. The molecule has 19 heavy (non-hydrogen) atoms. The molecule has 0 spiro atoms. The van der Waals surface area contributed by atoms with Crippen molar-refractivity contribution in [3.8, 4) is 0 Å². The summed E-state index contributed by atoms with van der Waals surface area (Å²) in [5.74, 6) is 0.572. The van der Waals surface area contributed by atoms with Crippen LogP contribution >= 0.6 is 0 Å². The third-order valence-corrected chi connectivity index (χ3v) is 3.00. The second-order valence-corrected chi connectivity index (χ2v) is 4.62. The lowest BCUT2D eigenvalue weighted by atomic mass is 10.0. The lowest BCUT2D eigenvalue weighted by Crippen LogP contribution is -2.27. The van der Waals surface area contributed by atoms with Gasteiger partial charge in [0.15, 0.2) is 0 Å². The SMILES string of the molecule is CC(CC(O)c1ccc(F)cc1)NCc1ncc[nH]1. The molecule has 0 aliphatic heterocycles. The van der Waals surface area contributed by atoms with Crippen LogP contribution in [0.25, 0.3) is 0 Å². The standard InChI is InChI=1S/C14H18FN3O/c1-10(18-9-14-16-6-7-17-14)8-13(19)11-2-4-12(15)5-3-11/h2-7,10,13,18-19H,8-9H2,1H3,(H,16,17). The molecule has 1 aromatic carbocycles. The van der Waals surface area contributed by atoms with Crippen molar-refractivity contribution < 1.29 is 9.50 Å². The fraction of sp³-hybridized carbons (Fsp3) is 0.357. The van der Waals surface area contributed by atoms with Gasteiger partial charge in [-0.1, -0.05) is 12.1 Å². The molecule has 1 heterocycles. The summed E-state index contributed by atoms with van der Waals surface area (Å²) < 4.78 is 12.8. The minimum Gasteiger partial charge on any atom is -0.388 e. The number of hydrogen-bond acceptors (Lipinski definition) is 3. The number of rotatable bonds is 6. The molecule has 4 nitrogen and oxygen atoms in total. The van der Waals surface area contributed by atoms with Crippen molar-refractivity contribution in [2.45, 2.75) is 32.0 Å². The Bertz CT molecular complexity index is 484. The van der Waals surface area contributed by atoms with Crippen molar-refractivity contribution in [2.75, 3.05) is 0 Å². The Hall–Kier alpha value is -1.72. The Morgan fingerprint density at radius 2 is 2.11 bits per heavy atom. The number of aliphatic hydroxyl groups excluding tert-OH is 1. The Kier molecular flexibility index (Phi) is 4.65. The van der Waals surface area contributed by atoms with Crippen LogP contribution < -0.4 is 5.32 Å². The van der Waals surface area contributed by atoms with Crippen molar-refractivity contribution in [3.05, 3.63) is 53.9 Å². The van der Waals surface area contributed by atoms with Gasteiger partial charge in [-0.25, -0.2) is 9.37 Å². The van der Waals surface area contributed by atoms with E-state index in [-0.39, 0.29) is 11.9 Å². The fourth-order valence-corrected chi connectivity index (χ4v) is 1.90. The van der Waals surface area contributed by atoms with Gasteiger partial charge in [-0.15, -0.1) is 0 Å². The zero-order valence-electron chi connectivity index (χ0n) is 10.8. The van der Waals surface area contributed by atoms with E-state index in [0.29, 0.717) is 13.0 Å². The van der Waals surface area contributed by atoms with Gasteiger partial charge in [0.25, 0.3) is 0 Å². The first-order valence-corrected chi connectivity index (χ1v) is 6.30. The lowest BCUT2D eigenvalue weighted by Gasteiger charge is -2.17. The van der Waals surface area contributed by atoms with Gasteiger partial charge in [0.2, 0.25) is 0 Å². The predicted molar refractivity (Wildman–Crippen MR) is 70.9 cm³/mol. The second kappa shape index (κ2) is 6.45. The van der Waals surface area contributed by atoms with Crippen molar-refractivity contribution >= 4 is 0 Å². The molecule has 5 heteroatoms. The van der Waals surface area contributed by atoms with Gasteiger partial charge in [0.05, 0.1) is 12.6 Å². The number of hydrogen-bond donors (Lipinski definition) is 3. The molecule has 0 fully saturated rings. The molecule has 2 rings (SSSR count). The number of imidazole rings is 1. The van der Waals surface area contributed by atoms with Gasteiger partial charge in [-0.05, 0) is 31.0 Å². The largest absolute Gasteiger partial charge is 0.388 e. The van der Waals surface area contributed by atoms with Crippen LogP contribution in [0.4, 0.5) is 4.39 Å². The number of halogens is 1. The van der Waals surface area contributed by atoms with Crippen molar-refractivity contribution in [2.24, 2.45) is 0 Å². The van der Waals surface area contributed by atoms with E-state index >= 15 is 0 Å². The van der Waals surface area contributed by atoms with Gasteiger partial charge in [-0.2, -0.15) is 0 Å². The molecule has 0 saturated carbocycles. The summed E-state index contributed by atoms with van der Waals surface area (Å²) in [4.78, 5) is 7.12. The van der Waals surface area contributed by atoms with Gasteiger partial charge in [0.1, 0.15) is 11.6 Å². The van der Waals surface area contributed by atoms with Crippen LogP contribution in [-0.2, 0) is 6.54 Å². The molecule has 2 atom stereocenters. The zero-order valence-corrected chi connectivity index (χ0v) is 10.8. The van der Waals surface area contributed by atoms with Crippen LogP contribution in [0.1, 0.15) is 30.8 Å². The maximum Gasteiger partial charge on any atom is 0.123 e. The van der Waals surface area contributed by atoms with E-state index in [1.54, 1.807) is 24.5 Å². The summed E-state index contributed by atoms with van der Waals surface area (Å²) in [7, 11) is 0. The molecule has 0 aliphatic rings. The average molecular weight is 263 g/mol. The maximum atomic E-state index is 12.8. The Balaban J connectivity index is 1.81. The number of aliphatic hydroxyl groups is 1. The van der Waals surface area contributed by atoms with E-state index in [1.165, 1.54) is 12.1 Å². The molecule has 0 aliphatic carbocycles. The predicted octanol–water partition coefficient (Wildman–Crippen LogP) is 2.15. The topological polar surface area (TPSA) is 60.9 Å². The van der Waals surface area contributed by atoms with Crippen LogP contribution in [0, 0.1) is 5.82 Å². The summed E-state index contributed by atoms with van der Waals surface area (Å²) in [6.45, 7) is 2.62. The smallest absolute Gasteiger partial charge is 0.123 e. The highest BCUT2D eigenvalue weighted by Gasteiger charge is 2.12. The number of benzene rings is 1. The molecule has 102 valence electrons. The summed E-state index contributed by atoms with van der Waals surface area (Å²) in [5, 5.41) is 13.3. The number of nitrogens with zero attached hydrogens (tertiary/aromatic N) is 1. The Morgan fingerprint density at radius 3 is 2.74 bits per heavy atom. The first kappa shape index (κ1) is 13.7. The highest BCUT2D eigenvalue weighted by atomic mass is 19.1. The Labute approximate surface area is 111 Å². The van der Waals surface area contributed by atoms with Crippen LogP contribution in [0.3, 0.4) is 0 Å². The number of H-pyrrole nitrogens is 1. The van der Waals surface area contributed by atoms with E-state index in [4.69, 9.17) is 0 Å². The molecular weight excluding hydrogens is 245 g/mol. The van der Waals surface area contributed by atoms with Gasteiger partial charge in [0, 0.05) is 18.4 Å². The summed E-state index contributed by atoms with van der Waals surface area (Å²) in [6.07, 6.45) is 3.44. The minimum atomic E-state index is -0.597. The monoisotopic (exact) mass is 263 g/mol. The van der Waals surface area contributed by atoms with Crippen LogP contribution in [-0.4, -0.2) is 21.1 Å². The summed E-state index contributed by atoms with van der Waals surface area (Å²) in [6, 6.07) is 6.07. The molecular formula is C14H18FN3O. The fourth-order valence-electron chi connectivity index (χ4n) is 1.90. The van der Waals surface area contributed by atoms with E-state index < -0.39 is 6.10 Å². The number of aromatic amines is 1. The van der Waals surface area contributed by atoms with Gasteiger partial charge >= 0.3 is 0 Å².